The Bertz CT molecular complexity index is 996. The topological polar surface area (TPSA) is 85.2 Å². The van der Waals surface area contributed by atoms with Crippen molar-refractivity contribution in [3.8, 4) is 5.69 Å². The Morgan fingerprint density at radius 2 is 1.90 bits per heavy atom. The van der Waals surface area contributed by atoms with Crippen LogP contribution in [0, 0.1) is 13.8 Å². The molecule has 3 heterocycles. The largest absolute Gasteiger partial charge is 0.378 e. The third-order valence-electron chi connectivity index (χ3n) is 4.88. The van der Waals surface area contributed by atoms with E-state index in [9.17, 15) is 4.79 Å². The molecule has 2 aromatic heterocycles. The summed E-state index contributed by atoms with van der Waals surface area (Å²) in [6, 6.07) is 11.7. The van der Waals surface area contributed by atoms with E-state index >= 15 is 0 Å². The number of aromatic nitrogens is 4. The number of amides is 1. The SMILES string of the molecule is Cc1cc(N2CCOCC2)nc(CNC(=O)c2cnn(-c3ccccc3)c2C)n1. The lowest BCUT2D eigenvalue weighted by molar-refractivity contribution is 0.0949. The van der Waals surface area contributed by atoms with Gasteiger partial charge >= 0.3 is 0 Å². The van der Waals surface area contributed by atoms with Gasteiger partial charge in [0.1, 0.15) is 11.6 Å². The summed E-state index contributed by atoms with van der Waals surface area (Å²) in [6.45, 7) is 7.08. The number of carbonyl (C=O) groups excluding carboxylic acids is 1. The number of carbonyl (C=O) groups is 1. The van der Waals surface area contributed by atoms with Crippen molar-refractivity contribution >= 4 is 11.7 Å². The van der Waals surface area contributed by atoms with Crippen LogP contribution in [0.25, 0.3) is 5.69 Å². The van der Waals surface area contributed by atoms with Gasteiger partial charge in [-0.25, -0.2) is 14.6 Å². The zero-order valence-electron chi connectivity index (χ0n) is 16.6. The van der Waals surface area contributed by atoms with E-state index in [1.807, 2.05) is 50.2 Å². The van der Waals surface area contributed by atoms with E-state index in [-0.39, 0.29) is 12.5 Å². The number of anilines is 1. The maximum atomic E-state index is 12.7. The van der Waals surface area contributed by atoms with Crippen molar-refractivity contribution in [3.63, 3.8) is 0 Å². The van der Waals surface area contributed by atoms with Crippen molar-refractivity contribution in [2.75, 3.05) is 31.2 Å². The fraction of sp³-hybridized carbons (Fsp3) is 0.333. The predicted octanol–water partition coefficient (Wildman–Crippen LogP) is 2.05. The summed E-state index contributed by atoms with van der Waals surface area (Å²) in [7, 11) is 0. The molecule has 0 atom stereocenters. The summed E-state index contributed by atoms with van der Waals surface area (Å²) in [6.07, 6.45) is 1.59. The van der Waals surface area contributed by atoms with Crippen LogP contribution in [0.2, 0.25) is 0 Å². The van der Waals surface area contributed by atoms with Gasteiger partial charge in [0.15, 0.2) is 0 Å². The summed E-state index contributed by atoms with van der Waals surface area (Å²) in [5.41, 5.74) is 3.11. The maximum Gasteiger partial charge on any atom is 0.255 e. The average molecular weight is 392 g/mol. The number of hydrogen-bond acceptors (Lipinski definition) is 6. The van der Waals surface area contributed by atoms with Crippen molar-refractivity contribution in [2.24, 2.45) is 0 Å². The van der Waals surface area contributed by atoms with Crippen LogP contribution < -0.4 is 10.2 Å². The van der Waals surface area contributed by atoms with Crippen LogP contribution in [0.5, 0.6) is 0 Å². The Kier molecular flexibility index (Phi) is 5.53. The molecule has 0 unspecified atom stereocenters. The van der Waals surface area contributed by atoms with E-state index in [0.29, 0.717) is 24.6 Å². The fourth-order valence-corrected chi connectivity index (χ4v) is 3.36. The highest BCUT2D eigenvalue weighted by molar-refractivity contribution is 5.95. The molecule has 0 bridgehead atoms. The molecule has 150 valence electrons. The van der Waals surface area contributed by atoms with Crippen LogP contribution in [0.3, 0.4) is 0 Å². The second-order valence-corrected chi connectivity index (χ2v) is 6.96. The zero-order chi connectivity index (χ0) is 20.2. The molecule has 1 amide bonds. The van der Waals surface area contributed by atoms with Gasteiger partial charge in [0.05, 0.1) is 42.9 Å². The number of ether oxygens (including phenoxy) is 1. The van der Waals surface area contributed by atoms with E-state index in [1.165, 1.54) is 0 Å². The quantitative estimate of drug-likeness (QED) is 0.715. The van der Waals surface area contributed by atoms with Crippen LogP contribution in [0.15, 0.2) is 42.6 Å². The highest BCUT2D eigenvalue weighted by Gasteiger charge is 2.17. The Morgan fingerprint density at radius 1 is 1.14 bits per heavy atom. The first-order valence-corrected chi connectivity index (χ1v) is 9.67. The average Bonchev–Trinajstić information content (AvgIpc) is 3.14. The van der Waals surface area contributed by atoms with Gasteiger partial charge in [-0.15, -0.1) is 0 Å². The third kappa shape index (κ3) is 4.27. The van der Waals surface area contributed by atoms with E-state index in [4.69, 9.17) is 4.74 Å². The van der Waals surface area contributed by atoms with E-state index in [0.717, 1.165) is 36.0 Å². The number of rotatable bonds is 5. The van der Waals surface area contributed by atoms with E-state index in [1.54, 1.807) is 10.9 Å². The summed E-state index contributed by atoms with van der Waals surface area (Å²) in [5, 5.41) is 7.28. The van der Waals surface area contributed by atoms with Crippen molar-refractivity contribution in [1.29, 1.82) is 0 Å². The molecule has 1 saturated heterocycles. The predicted molar refractivity (Wildman–Crippen MR) is 109 cm³/mol. The smallest absolute Gasteiger partial charge is 0.255 e. The van der Waals surface area contributed by atoms with Crippen molar-refractivity contribution < 1.29 is 9.53 Å². The van der Waals surface area contributed by atoms with Gasteiger partial charge in [0.25, 0.3) is 5.91 Å². The third-order valence-corrected chi connectivity index (χ3v) is 4.88. The van der Waals surface area contributed by atoms with Gasteiger partial charge in [0.2, 0.25) is 0 Å². The van der Waals surface area contributed by atoms with Crippen LogP contribution in [-0.4, -0.2) is 52.0 Å². The van der Waals surface area contributed by atoms with Crippen molar-refractivity contribution in [1.82, 2.24) is 25.1 Å². The maximum absolute atomic E-state index is 12.7. The molecule has 1 aliphatic rings. The van der Waals surface area contributed by atoms with Crippen molar-refractivity contribution in [3.05, 3.63) is 65.4 Å². The van der Waals surface area contributed by atoms with Crippen molar-refractivity contribution in [2.45, 2.75) is 20.4 Å². The molecule has 1 aromatic carbocycles. The lowest BCUT2D eigenvalue weighted by atomic mass is 10.2. The Balaban J connectivity index is 1.46. The van der Waals surface area contributed by atoms with Gasteiger partial charge in [-0.1, -0.05) is 18.2 Å². The molecular weight excluding hydrogens is 368 g/mol. The second kappa shape index (κ2) is 8.40. The van der Waals surface area contributed by atoms with Crippen LogP contribution in [-0.2, 0) is 11.3 Å². The molecule has 8 heteroatoms. The number of para-hydroxylation sites is 1. The van der Waals surface area contributed by atoms with Gasteiger partial charge in [-0.05, 0) is 26.0 Å². The highest BCUT2D eigenvalue weighted by Crippen LogP contribution is 2.16. The minimum absolute atomic E-state index is 0.192. The second-order valence-electron chi connectivity index (χ2n) is 6.96. The summed E-state index contributed by atoms with van der Waals surface area (Å²) >= 11 is 0. The first-order chi connectivity index (χ1) is 14.1. The molecule has 0 aliphatic carbocycles. The lowest BCUT2D eigenvalue weighted by Gasteiger charge is -2.28. The van der Waals surface area contributed by atoms with Crippen LogP contribution in [0.4, 0.5) is 5.82 Å². The minimum atomic E-state index is -0.192. The monoisotopic (exact) mass is 392 g/mol. The summed E-state index contributed by atoms with van der Waals surface area (Å²) in [4.78, 5) is 24.0. The molecular formula is C21H24N6O2. The standard InChI is InChI=1S/C21H24N6O2/c1-15-12-20(26-8-10-29-11-9-26)25-19(24-15)14-22-21(28)18-13-23-27(16(18)2)17-6-4-3-5-7-17/h3-7,12-13H,8-11,14H2,1-2H3,(H,22,28). The lowest BCUT2D eigenvalue weighted by Crippen LogP contribution is -2.37. The van der Waals surface area contributed by atoms with E-state index in [2.05, 4.69) is 25.3 Å². The Hall–Kier alpha value is -3.26. The van der Waals surface area contributed by atoms with Gasteiger partial charge < -0.3 is 15.0 Å². The first kappa shape index (κ1) is 19.1. The molecule has 1 N–H and O–H groups in total. The number of nitrogens with one attached hydrogen (secondary N) is 1. The van der Waals surface area contributed by atoms with Gasteiger partial charge in [-0.3, -0.25) is 4.79 Å². The first-order valence-electron chi connectivity index (χ1n) is 9.67. The molecule has 3 aromatic rings. The Labute approximate surface area is 169 Å². The number of morpholine rings is 1. The molecule has 0 saturated carbocycles. The Morgan fingerprint density at radius 3 is 2.66 bits per heavy atom. The molecule has 1 fully saturated rings. The fourth-order valence-electron chi connectivity index (χ4n) is 3.36. The number of hydrogen-bond donors (Lipinski definition) is 1. The van der Waals surface area contributed by atoms with Gasteiger partial charge in [-0.2, -0.15) is 5.10 Å². The summed E-state index contributed by atoms with van der Waals surface area (Å²) < 4.78 is 7.16. The van der Waals surface area contributed by atoms with Crippen LogP contribution in [0.1, 0.15) is 27.6 Å². The highest BCUT2D eigenvalue weighted by atomic mass is 16.5. The minimum Gasteiger partial charge on any atom is -0.378 e. The molecule has 0 spiro atoms. The number of nitrogens with zero attached hydrogens (tertiary/aromatic N) is 5. The molecule has 0 radical (unpaired) electrons. The van der Waals surface area contributed by atoms with Crippen LogP contribution >= 0.6 is 0 Å². The van der Waals surface area contributed by atoms with E-state index < -0.39 is 0 Å². The van der Waals surface area contributed by atoms with Gasteiger partial charge in [0, 0.05) is 24.8 Å². The molecule has 1 aliphatic heterocycles. The number of benzene rings is 1. The molecule has 8 nitrogen and oxygen atoms in total. The zero-order valence-corrected chi connectivity index (χ0v) is 16.6. The number of aryl methyl sites for hydroxylation is 1. The summed E-state index contributed by atoms with van der Waals surface area (Å²) in [5.74, 6) is 1.27. The molecule has 4 rings (SSSR count). The molecule has 29 heavy (non-hydrogen) atoms. The normalized spacial score (nSPS) is 14.1.